The molecule has 0 spiro atoms. The Morgan fingerprint density at radius 2 is 1.41 bits per heavy atom. The zero-order chi connectivity index (χ0) is 13.0. The maximum absolute atomic E-state index is 10.9. The Morgan fingerprint density at radius 1 is 1.00 bits per heavy atom. The largest absolute Gasteiger partial charge is 0.305 e. The van der Waals surface area contributed by atoms with Crippen molar-refractivity contribution in [3.05, 3.63) is 39.4 Å². The van der Waals surface area contributed by atoms with Crippen LogP contribution in [0.3, 0.4) is 0 Å². The summed E-state index contributed by atoms with van der Waals surface area (Å²) in [4.78, 5) is 14.5. The fourth-order valence-electron chi connectivity index (χ4n) is 1.76. The zero-order valence-electron chi connectivity index (χ0n) is 10.8. The van der Waals surface area contributed by atoms with Crippen molar-refractivity contribution >= 4 is 5.69 Å². The van der Waals surface area contributed by atoms with Crippen LogP contribution in [0.5, 0.6) is 0 Å². The van der Waals surface area contributed by atoms with Gasteiger partial charge in [-0.25, -0.2) is 0 Å². The van der Waals surface area contributed by atoms with Crippen LogP contribution in [0.1, 0.15) is 11.1 Å². The smallest absolute Gasteiger partial charge is 0.270 e. The third-order valence-electron chi connectivity index (χ3n) is 2.25. The molecule has 0 bridgehead atoms. The second kappa shape index (κ2) is 5.75. The molecule has 0 radical (unpaired) electrons. The number of benzene rings is 1. The standard InChI is InChI=1S/C12H19N3O2/c1-13(2)8-10-5-11(9-14(3)4)7-12(6-10)15(16)17/h5-7H,8-9H2,1-4H3. The summed E-state index contributed by atoms with van der Waals surface area (Å²) < 4.78 is 0. The molecule has 0 atom stereocenters. The van der Waals surface area contributed by atoms with E-state index in [1.807, 2.05) is 44.1 Å². The molecule has 17 heavy (non-hydrogen) atoms. The molecule has 0 saturated carbocycles. The van der Waals surface area contributed by atoms with Crippen LogP contribution in [0.4, 0.5) is 5.69 Å². The second-order valence-electron chi connectivity index (χ2n) is 4.74. The summed E-state index contributed by atoms with van der Waals surface area (Å²) in [6.45, 7) is 1.42. The molecule has 0 saturated heterocycles. The molecular formula is C12H19N3O2. The van der Waals surface area contributed by atoms with Crippen molar-refractivity contribution in [2.24, 2.45) is 0 Å². The lowest BCUT2D eigenvalue weighted by Gasteiger charge is -2.13. The van der Waals surface area contributed by atoms with Crippen LogP contribution in [0.25, 0.3) is 0 Å². The highest BCUT2D eigenvalue weighted by Crippen LogP contribution is 2.19. The lowest BCUT2D eigenvalue weighted by Crippen LogP contribution is -2.13. The third kappa shape index (κ3) is 4.50. The first-order chi connectivity index (χ1) is 7.88. The summed E-state index contributed by atoms with van der Waals surface area (Å²) in [6, 6.07) is 5.30. The topological polar surface area (TPSA) is 49.6 Å². The third-order valence-corrected chi connectivity index (χ3v) is 2.25. The predicted molar refractivity (Wildman–Crippen MR) is 67.9 cm³/mol. The maximum atomic E-state index is 10.9. The number of nitro benzene ring substituents is 1. The van der Waals surface area contributed by atoms with E-state index in [0.29, 0.717) is 13.1 Å². The Bertz CT molecular complexity index is 374. The van der Waals surface area contributed by atoms with E-state index in [1.54, 1.807) is 12.1 Å². The van der Waals surface area contributed by atoms with Crippen molar-refractivity contribution < 1.29 is 4.92 Å². The number of non-ortho nitro benzene ring substituents is 1. The first kappa shape index (κ1) is 13.6. The minimum atomic E-state index is -0.335. The van der Waals surface area contributed by atoms with Gasteiger partial charge < -0.3 is 9.80 Å². The molecule has 0 N–H and O–H groups in total. The van der Waals surface area contributed by atoms with Crippen molar-refractivity contribution in [1.82, 2.24) is 9.80 Å². The van der Waals surface area contributed by atoms with Crippen LogP contribution in [0.2, 0.25) is 0 Å². The molecular weight excluding hydrogens is 218 g/mol. The average Bonchev–Trinajstić information content (AvgIpc) is 2.14. The average molecular weight is 237 g/mol. The molecule has 94 valence electrons. The van der Waals surface area contributed by atoms with Crippen molar-refractivity contribution in [1.29, 1.82) is 0 Å². The number of hydrogen-bond acceptors (Lipinski definition) is 4. The van der Waals surface area contributed by atoms with Gasteiger partial charge in [-0.05, 0) is 39.3 Å². The molecule has 5 nitrogen and oxygen atoms in total. The van der Waals surface area contributed by atoms with Crippen molar-refractivity contribution in [3.8, 4) is 0 Å². The highest BCUT2D eigenvalue weighted by Gasteiger charge is 2.10. The van der Waals surface area contributed by atoms with E-state index in [4.69, 9.17) is 0 Å². The van der Waals surface area contributed by atoms with Crippen molar-refractivity contribution in [2.75, 3.05) is 28.2 Å². The van der Waals surface area contributed by atoms with E-state index in [-0.39, 0.29) is 10.6 Å². The van der Waals surface area contributed by atoms with Crippen LogP contribution in [-0.4, -0.2) is 42.9 Å². The molecule has 0 heterocycles. The summed E-state index contributed by atoms with van der Waals surface area (Å²) in [6.07, 6.45) is 0. The highest BCUT2D eigenvalue weighted by molar-refractivity contribution is 5.39. The van der Waals surface area contributed by atoms with Crippen molar-refractivity contribution in [2.45, 2.75) is 13.1 Å². The van der Waals surface area contributed by atoms with E-state index >= 15 is 0 Å². The van der Waals surface area contributed by atoms with Crippen LogP contribution < -0.4 is 0 Å². The van der Waals surface area contributed by atoms with Gasteiger partial charge >= 0.3 is 0 Å². The maximum Gasteiger partial charge on any atom is 0.270 e. The molecule has 0 aliphatic carbocycles. The predicted octanol–water partition coefficient (Wildman–Crippen LogP) is 1.72. The zero-order valence-corrected chi connectivity index (χ0v) is 10.8. The second-order valence-corrected chi connectivity index (χ2v) is 4.74. The van der Waals surface area contributed by atoms with Gasteiger partial charge in [0.1, 0.15) is 0 Å². The lowest BCUT2D eigenvalue weighted by molar-refractivity contribution is -0.385. The lowest BCUT2D eigenvalue weighted by atomic mass is 10.1. The Morgan fingerprint density at radius 3 is 1.71 bits per heavy atom. The Hall–Kier alpha value is -1.46. The molecule has 1 aromatic rings. The van der Waals surface area contributed by atoms with E-state index in [0.717, 1.165) is 11.1 Å². The van der Waals surface area contributed by atoms with Gasteiger partial charge in [-0.15, -0.1) is 0 Å². The summed E-state index contributed by atoms with van der Waals surface area (Å²) in [5.41, 5.74) is 2.11. The Kier molecular flexibility index (Phi) is 4.60. The molecule has 0 aromatic heterocycles. The first-order valence-electron chi connectivity index (χ1n) is 5.45. The van der Waals surface area contributed by atoms with Gasteiger partial charge in [0.2, 0.25) is 0 Å². The van der Waals surface area contributed by atoms with E-state index < -0.39 is 0 Å². The summed E-state index contributed by atoms with van der Waals surface area (Å²) >= 11 is 0. The van der Waals surface area contributed by atoms with Gasteiger partial charge in [-0.2, -0.15) is 0 Å². The molecule has 1 rings (SSSR count). The number of nitro groups is 1. The van der Waals surface area contributed by atoms with Gasteiger partial charge in [-0.3, -0.25) is 10.1 Å². The SMILES string of the molecule is CN(C)Cc1cc(CN(C)C)cc([N+](=O)[O-])c1. The minimum absolute atomic E-state index is 0.168. The first-order valence-corrected chi connectivity index (χ1v) is 5.45. The fraction of sp³-hybridized carbons (Fsp3) is 0.500. The number of rotatable bonds is 5. The Balaban J connectivity index is 3.04. The normalized spacial score (nSPS) is 11.2. The van der Waals surface area contributed by atoms with Crippen LogP contribution in [0, 0.1) is 10.1 Å². The van der Waals surface area contributed by atoms with E-state index in [9.17, 15) is 10.1 Å². The molecule has 5 heteroatoms. The molecule has 0 unspecified atom stereocenters. The van der Waals surface area contributed by atoms with Gasteiger partial charge in [0, 0.05) is 25.2 Å². The van der Waals surface area contributed by atoms with E-state index in [1.165, 1.54) is 0 Å². The van der Waals surface area contributed by atoms with Gasteiger partial charge in [0.05, 0.1) is 4.92 Å². The highest BCUT2D eigenvalue weighted by atomic mass is 16.6. The van der Waals surface area contributed by atoms with Crippen LogP contribution in [-0.2, 0) is 13.1 Å². The molecule has 0 fully saturated rings. The molecule has 0 aliphatic rings. The van der Waals surface area contributed by atoms with Crippen LogP contribution in [0.15, 0.2) is 18.2 Å². The van der Waals surface area contributed by atoms with Crippen molar-refractivity contribution in [3.63, 3.8) is 0 Å². The summed E-state index contributed by atoms with van der Waals surface area (Å²) in [5.74, 6) is 0. The number of nitrogens with zero attached hydrogens (tertiary/aromatic N) is 3. The quantitative estimate of drug-likeness (QED) is 0.578. The molecule has 0 amide bonds. The van der Waals surface area contributed by atoms with Gasteiger partial charge in [0.15, 0.2) is 0 Å². The van der Waals surface area contributed by atoms with Crippen LogP contribution >= 0.6 is 0 Å². The summed E-state index contributed by atoms with van der Waals surface area (Å²) in [5, 5.41) is 10.9. The molecule has 0 aliphatic heterocycles. The summed E-state index contributed by atoms with van der Waals surface area (Å²) in [7, 11) is 7.80. The van der Waals surface area contributed by atoms with Gasteiger partial charge in [-0.1, -0.05) is 6.07 Å². The monoisotopic (exact) mass is 237 g/mol. The minimum Gasteiger partial charge on any atom is -0.305 e. The number of hydrogen-bond donors (Lipinski definition) is 0. The molecule has 1 aromatic carbocycles. The van der Waals surface area contributed by atoms with Gasteiger partial charge in [0.25, 0.3) is 5.69 Å². The fourth-order valence-corrected chi connectivity index (χ4v) is 1.76. The Labute approximate surface area is 102 Å². The van der Waals surface area contributed by atoms with E-state index in [2.05, 4.69) is 0 Å².